The third-order valence-electron chi connectivity index (χ3n) is 4.15. The van der Waals surface area contributed by atoms with Gasteiger partial charge in [-0.3, -0.25) is 4.90 Å². The SMILES string of the molecule is CC(C)(O)CN1CCN(CCCC(C)(C)C(N)=NO)CC1. The maximum atomic E-state index is 9.84. The average Bonchev–Trinajstić information content (AvgIpc) is 2.38. The fraction of sp³-hybridized carbons (Fsp3) is 0.933. The molecule has 0 aromatic carbocycles. The monoisotopic (exact) mass is 300 g/mol. The molecule has 0 aromatic heterocycles. The number of nitrogens with two attached hydrogens (primary N) is 1. The molecule has 0 aromatic rings. The molecule has 4 N–H and O–H groups in total. The zero-order valence-corrected chi connectivity index (χ0v) is 14.0. The van der Waals surface area contributed by atoms with Gasteiger partial charge in [-0.1, -0.05) is 19.0 Å². The summed E-state index contributed by atoms with van der Waals surface area (Å²) in [5.41, 5.74) is 4.83. The molecule has 124 valence electrons. The maximum Gasteiger partial charge on any atom is 0.144 e. The summed E-state index contributed by atoms with van der Waals surface area (Å²) in [6.07, 6.45) is 1.95. The van der Waals surface area contributed by atoms with Gasteiger partial charge in [0.15, 0.2) is 0 Å². The summed E-state index contributed by atoms with van der Waals surface area (Å²) in [4.78, 5) is 4.76. The molecule has 0 radical (unpaired) electrons. The Hall–Kier alpha value is -0.850. The molecular weight excluding hydrogens is 268 g/mol. The van der Waals surface area contributed by atoms with Crippen molar-refractivity contribution >= 4 is 5.84 Å². The summed E-state index contributed by atoms with van der Waals surface area (Å²) in [7, 11) is 0. The van der Waals surface area contributed by atoms with E-state index in [0.717, 1.165) is 52.1 Å². The molecule has 0 saturated carbocycles. The zero-order chi connectivity index (χ0) is 16.1. The highest BCUT2D eigenvalue weighted by atomic mass is 16.4. The molecule has 1 rings (SSSR count). The molecule has 0 aliphatic carbocycles. The van der Waals surface area contributed by atoms with Gasteiger partial charge in [0.25, 0.3) is 0 Å². The van der Waals surface area contributed by atoms with Crippen molar-refractivity contribution in [3.05, 3.63) is 0 Å². The summed E-state index contributed by atoms with van der Waals surface area (Å²) in [5, 5.41) is 21.7. The molecule has 21 heavy (non-hydrogen) atoms. The number of aliphatic hydroxyl groups is 1. The van der Waals surface area contributed by atoms with Crippen LogP contribution in [0.5, 0.6) is 0 Å². The van der Waals surface area contributed by atoms with Crippen LogP contribution in [-0.2, 0) is 0 Å². The second kappa shape index (κ2) is 7.42. The minimum atomic E-state index is -0.618. The first kappa shape index (κ1) is 18.2. The molecule has 1 heterocycles. The van der Waals surface area contributed by atoms with Gasteiger partial charge in [0.1, 0.15) is 5.84 Å². The van der Waals surface area contributed by atoms with E-state index in [-0.39, 0.29) is 5.41 Å². The van der Waals surface area contributed by atoms with Crippen LogP contribution in [0.3, 0.4) is 0 Å². The first-order valence-corrected chi connectivity index (χ1v) is 7.79. The van der Waals surface area contributed by atoms with Gasteiger partial charge in [-0.25, -0.2) is 0 Å². The first-order valence-electron chi connectivity index (χ1n) is 7.79. The average molecular weight is 300 g/mol. The van der Waals surface area contributed by atoms with Crippen molar-refractivity contribution in [1.29, 1.82) is 0 Å². The van der Waals surface area contributed by atoms with E-state index in [1.54, 1.807) is 0 Å². The molecule has 0 bridgehead atoms. The molecule has 0 spiro atoms. The van der Waals surface area contributed by atoms with Gasteiger partial charge in [0.05, 0.1) is 5.60 Å². The van der Waals surface area contributed by atoms with Crippen LogP contribution in [0, 0.1) is 5.41 Å². The summed E-state index contributed by atoms with van der Waals surface area (Å²) in [6.45, 7) is 13.6. The van der Waals surface area contributed by atoms with Crippen LogP contribution in [0.25, 0.3) is 0 Å². The number of oxime groups is 1. The van der Waals surface area contributed by atoms with Gasteiger partial charge in [-0.05, 0) is 33.2 Å². The van der Waals surface area contributed by atoms with Crippen LogP contribution in [0.2, 0.25) is 0 Å². The lowest BCUT2D eigenvalue weighted by molar-refractivity contribution is 0.0174. The van der Waals surface area contributed by atoms with E-state index >= 15 is 0 Å². The van der Waals surface area contributed by atoms with Crippen molar-refractivity contribution in [2.75, 3.05) is 39.3 Å². The standard InChI is InChI=1S/C15H32N4O2/c1-14(2,13(16)17-21)6-5-7-18-8-10-19(11-9-18)12-15(3,4)20/h20-21H,5-12H2,1-4H3,(H2,16,17). The highest BCUT2D eigenvalue weighted by Gasteiger charge is 2.25. The third kappa shape index (κ3) is 6.63. The molecule has 0 unspecified atom stereocenters. The van der Waals surface area contributed by atoms with Crippen LogP contribution < -0.4 is 5.73 Å². The van der Waals surface area contributed by atoms with E-state index in [1.807, 2.05) is 27.7 Å². The van der Waals surface area contributed by atoms with Crippen LogP contribution in [0.15, 0.2) is 5.16 Å². The molecule has 6 heteroatoms. The van der Waals surface area contributed by atoms with Gasteiger partial charge < -0.3 is 20.9 Å². The third-order valence-corrected chi connectivity index (χ3v) is 4.15. The quantitative estimate of drug-likeness (QED) is 0.282. The number of hydrogen-bond donors (Lipinski definition) is 3. The Labute approximate surface area is 128 Å². The Morgan fingerprint density at radius 3 is 2.10 bits per heavy atom. The van der Waals surface area contributed by atoms with Crippen molar-refractivity contribution in [3.63, 3.8) is 0 Å². The fourth-order valence-corrected chi connectivity index (χ4v) is 2.73. The van der Waals surface area contributed by atoms with E-state index < -0.39 is 5.60 Å². The number of piperazine rings is 1. The van der Waals surface area contributed by atoms with Crippen LogP contribution in [-0.4, -0.2) is 70.8 Å². The largest absolute Gasteiger partial charge is 0.409 e. The van der Waals surface area contributed by atoms with Gasteiger partial charge in [0, 0.05) is 38.1 Å². The van der Waals surface area contributed by atoms with Crippen molar-refractivity contribution in [2.45, 2.75) is 46.1 Å². The number of amidine groups is 1. The summed E-state index contributed by atoms with van der Waals surface area (Å²) in [6, 6.07) is 0. The molecule has 0 amide bonds. The second-order valence-electron chi connectivity index (χ2n) is 7.40. The van der Waals surface area contributed by atoms with Gasteiger partial charge in [0.2, 0.25) is 0 Å². The molecule has 0 atom stereocenters. The molecule has 1 aliphatic heterocycles. The molecule has 1 saturated heterocycles. The smallest absolute Gasteiger partial charge is 0.144 e. The normalized spacial score (nSPS) is 20.0. The Balaban J connectivity index is 2.25. The van der Waals surface area contributed by atoms with Crippen molar-refractivity contribution in [3.8, 4) is 0 Å². The van der Waals surface area contributed by atoms with Crippen molar-refractivity contribution < 1.29 is 10.3 Å². The van der Waals surface area contributed by atoms with Crippen LogP contribution in [0.4, 0.5) is 0 Å². The van der Waals surface area contributed by atoms with E-state index in [2.05, 4.69) is 15.0 Å². The Morgan fingerprint density at radius 1 is 1.10 bits per heavy atom. The predicted octanol–water partition coefficient (Wildman–Crippen LogP) is 0.928. The van der Waals surface area contributed by atoms with Crippen molar-refractivity contribution in [1.82, 2.24) is 9.80 Å². The number of β-amino-alcohol motifs (C(OH)–C–C–N with tert-alkyl or cyclic N) is 1. The van der Waals surface area contributed by atoms with Gasteiger partial charge in [-0.2, -0.15) is 0 Å². The lowest BCUT2D eigenvalue weighted by Crippen LogP contribution is -2.50. The minimum absolute atomic E-state index is 0.252. The number of nitrogens with zero attached hydrogens (tertiary/aromatic N) is 3. The van der Waals surface area contributed by atoms with E-state index in [1.165, 1.54) is 0 Å². The predicted molar refractivity (Wildman–Crippen MR) is 85.6 cm³/mol. The molecule has 1 fully saturated rings. The van der Waals surface area contributed by atoms with E-state index in [9.17, 15) is 5.11 Å². The highest BCUT2D eigenvalue weighted by Crippen LogP contribution is 2.22. The Bertz CT molecular complexity index is 342. The van der Waals surface area contributed by atoms with Crippen molar-refractivity contribution in [2.24, 2.45) is 16.3 Å². The summed E-state index contributed by atoms with van der Waals surface area (Å²) < 4.78 is 0. The topological polar surface area (TPSA) is 85.3 Å². The minimum Gasteiger partial charge on any atom is -0.409 e. The number of rotatable bonds is 7. The van der Waals surface area contributed by atoms with Crippen LogP contribution >= 0.6 is 0 Å². The first-order chi connectivity index (χ1) is 9.64. The Morgan fingerprint density at radius 2 is 1.62 bits per heavy atom. The summed E-state index contributed by atoms with van der Waals surface area (Å²) in [5.74, 6) is 0.303. The maximum absolute atomic E-state index is 9.84. The molecule has 6 nitrogen and oxygen atoms in total. The van der Waals surface area contributed by atoms with Crippen LogP contribution in [0.1, 0.15) is 40.5 Å². The lowest BCUT2D eigenvalue weighted by Gasteiger charge is -2.37. The second-order valence-corrected chi connectivity index (χ2v) is 7.40. The fourth-order valence-electron chi connectivity index (χ4n) is 2.73. The lowest BCUT2D eigenvalue weighted by atomic mass is 9.86. The van der Waals surface area contributed by atoms with Gasteiger partial charge >= 0.3 is 0 Å². The van der Waals surface area contributed by atoms with Gasteiger partial charge in [-0.15, -0.1) is 0 Å². The molecular formula is C15H32N4O2. The summed E-state index contributed by atoms with van der Waals surface area (Å²) >= 11 is 0. The zero-order valence-electron chi connectivity index (χ0n) is 14.0. The Kier molecular flexibility index (Phi) is 6.43. The number of hydrogen-bond acceptors (Lipinski definition) is 5. The van der Waals surface area contributed by atoms with E-state index in [0.29, 0.717) is 5.84 Å². The molecule has 1 aliphatic rings. The van der Waals surface area contributed by atoms with E-state index in [4.69, 9.17) is 10.9 Å². The highest BCUT2D eigenvalue weighted by molar-refractivity contribution is 5.85.